The van der Waals surface area contributed by atoms with Crippen molar-refractivity contribution in [3.05, 3.63) is 29.3 Å². The van der Waals surface area contributed by atoms with Gasteiger partial charge >= 0.3 is 6.09 Å². The number of anilines is 1. The molecule has 0 spiro atoms. The number of nitrogen functional groups attached to an aromatic ring is 1. The van der Waals surface area contributed by atoms with Crippen LogP contribution in [-0.2, 0) is 4.74 Å². The van der Waals surface area contributed by atoms with Crippen molar-refractivity contribution in [2.24, 2.45) is 0 Å². The Morgan fingerprint density at radius 2 is 1.91 bits per heavy atom. The third kappa shape index (κ3) is 6.08. The molecule has 1 aromatic rings. The minimum absolute atomic E-state index is 0.137. The van der Waals surface area contributed by atoms with Crippen LogP contribution < -0.4 is 11.1 Å². The van der Waals surface area contributed by atoms with E-state index in [0.717, 1.165) is 5.56 Å². The first-order chi connectivity index (χ1) is 10.5. The van der Waals surface area contributed by atoms with Crippen LogP contribution in [0.2, 0.25) is 0 Å². The monoisotopic (exact) mass is 324 g/mol. The highest BCUT2D eigenvalue weighted by Crippen LogP contribution is 2.27. The summed E-state index contributed by atoms with van der Waals surface area (Å²) < 4.78 is 5.08. The van der Waals surface area contributed by atoms with E-state index < -0.39 is 23.9 Å². The number of carbonyl (C=O) groups excluding carboxylic acids is 1. The number of hydrogen-bond acceptors (Lipinski definition) is 5. The van der Waals surface area contributed by atoms with Gasteiger partial charge in [-0.2, -0.15) is 0 Å². The van der Waals surface area contributed by atoms with Crippen LogP contribution in [0.3, 0.4) is 0 Å². The Kier molecular flexibility index (Phi) is 6.41. The predicted octanol–water partition coefficient (Wildman–Crippen LogP) is 2.31. The Morgan fingerprint density at radius 3 is 2.43 bits per heavy atom. The minimum Gasteiger partial charge on any atom is -0.444 e. The molecule has 6 nitrogen and oxygen atoms in total. The summed E-state index contributed by atoms with van der Waals surface area (Å²) in [4.78, 5) is 11.6. The van der Waals surface area contributed by atoms with Gasteiger partial charge in [0.25, 0.3) is 0 Å². The molecule has 0 aliphatic heterocycles. The maximum atomic E-state index is 11.6. The Hall–Kier alpha value is -1.79. The Morgan fingerprint density at radius 1 is 1.30 bits per heavy atom. The summed E-state index contributed by atoms with van der Waals surface area (Å²) in [6.07, 6.45) is -3.02. The summed E-state index contributed by atoms with van der Waals surface area (Å²) in [6, 6.07) is 5.38. The van der Waals surface area contributed by atoms with Crippen molar-refractivity contribution < 1.29 is 19.7 Å². The highest BCUT2D eigenvalue weighted by Gasteiger charge is 2.23. The van der Waals surface area contributed by atoms with Crippen LogP contribution >= 0.6 is 0 Å². The van der Waals surface area contributed by atoms with Gasteiger partial charge in [-0.25, -0.2) is 4.79 Å². The largest absolute Gasteiger partial charge is 0.444 e. The lowest BCUT2D eigenvalue weighted by molar-refractivity contribution is 0.0132. The predicted molar refractivity (Wildman–Crippen MR) is 90.1 cm³/mol. The minimum atomic E-state index is -1.19. The molecule has 0 heterocycles. The fourth-order valence-electron chi connectivity index (χ4n) is 2.03. The third-order valence-electron chi connectivity index (χ3n) is 3.32. The molecule has 0 bridgehead atoms. The van der Waals surface area contributed by atoms with Crippen molar-refractivity contribution in [2.45, 2.75) is 58.3 Å². The fraction of sp³-hybridized carbons (Fsp3) is 0.588. The molecule has 1 aromatic carbocycles. The van der Waals surface area contributed by atoms with E-state index in [1.807, 2.05) is 19.9 Å². The highest BCUT2D eigenvalue weighted by atomic mass is 16.6. The van der Waals surface area contributed by atoms with E-state index >= 15 is 0 Å². The van der Waals surface area contributed by atoms with E-state index in [4.69, 9.17) is 10.5 Å². The molecule has 0 aliphatic carbocycles. The van der Waals surface area contributed by atoms with Crippen molar-refractivity contribution >= 4 is 11.8 Å². The summed E-state index contributed by atoms with van der Waals surface area (Å²) in [6.45, 7) is 9.16. The molecular formula is C17H28N2O4. The van der Waals surface area contributed by atoms with E-state index in [2.05, 4.69) is 5.32 Å². The van der Waals surface area contributed by atoms with Crippen LogP contribution in [0.15, 0.2) is 18.2 Å². The van der Waals surface area contributed by atoms with Crippen LogP contribution in [0.4, 0.5) is 10.5 Å². The SMILES string of the molecule is CC(C)c1ccc(N)c(C(O)C(O)CNC(=O)OC(C)(C)C)c1. The maximum absolute atomic E-state index is 11.6. The van der Waals surface area contributed by atoms with Crippen molar-refractivity contribution in [3.8, 4) is 0 Å². The second kappa shape index (κ2) is 7.66. The molecule has 0 saturated heterocycles. The first kappa shape index (κ1) is 19.3. The van der Waals surface area contributed by atoms with Crippen molar-refractivity contribution in [1.29, 1.82) is 0 Å². The van der Waals surface area contributed by atoms with E-state index in [1.165, 1.54) is 0 Å². The second-order valence-corrected chi connectivity index (χ2v) is 6.94. The first-order valence-electron chi connectivity index (χ1n) is 7.73. The summed E-state index contributed by atoms with van der Waals surface area (Å²) in [5.41, 5.74) is 7.13. The highest BCUT2D eigenvalue weighted by molar-refractivity contribution is 5.67. The summed E-state index contributed by atoms with van der Waals surface area (Å²) in [5, 5.41) is 22.8. The number of nitrogens with two attached hydrogens (primary N) is 1. The van der Waals surface area contributed by atoms with E-state index in [-0.39, 0.29) is 12.5 Å². The normalized spacial score (nSPS) is 14.4. The number of benzene rings is 1. The molecule has 0 fully saturated rings. The summed E-state index contributed by atoms with van der Waals surface area (Å²) in [5.74, 6) is 0.276. The Bertz CT molecular complexity index is 538. The molecule has 130 valence electrons. The van der Waals surface area contributed by atoms with Crippen LogP contribution in [0.5, 0.6) is 0 Å². The summed E-state index contributed by atoms with van der Waals surface area (Å²) >= 11 is 0. The topological polar surface area (TPSA) is 105 Å². The zero-order valence-corrected chi connectivity index (χ0v) is 14.5. The van der Waals surface area contributed by atoms with Gasteiger partial charge in [-0.1, -0.05) is 26.0 Å². The molecule has 1 rings (SSSR count). The van der Waals surface area contributed by atoms with Gasteiger partial charge in [0.05, 0.1) is 0 Å². The van der Waals surface area contributed by atoms with Crippen molar-refractivity contribution in [2.75, 3.05) is 12.3 Å². The van der Waals surface area contributed by atoms with Gasteiger partial charge in [-0.3, -0.25) is 0 Å². The zero-order chi connectivity index (χ0) is 17.8. The van der Waals surface area contributed by atoms with Crippen LogP contribution in [-0.4, -0.2) is 34.6 Å². The van der Waals surface area contributed by atoms with Gasteiger partial charge in [0.2, 0.25) is 0 Å². The van der Waals surface area contributed by atoms with E-state index in [0.29, 0.717) is 11.3 Å². The summed E-state index contributed by atoms with van der Waals surface area (Å²) in [7, 11) is 0. The number of rotatable bonds is 5. The standard InChI is InChI=1S/C17H28N2O4/c1-10(2)11-6-7-13(18)12(8-11)15(21)14(20)9-19-16(22)23-17(3,4)5/h6-8,10,14-15,20-21H,9,18H2,1-5H3,(H,19,22). The van der Waals surface area contributed by atoms with Crippen molar-refractivity contribution in [3.63, 3.8) is 0 Å². The molecule has 2 atom stereocenters. The molecule has 23 heavy (non-hydrogen) atoms. The number of aliphatic hydroxyl groups is 2. The number of ether oxygens (including phenoxy) is 1. The van der Waals surface area contributed by atoms with Crippen molar-refractivity contribution in [1.82, 2.24) is 5.32 Å². The number of hydrogen-bond donors (Lipinski definition) is 4. The Labute approximate surface area is 137 Å². The number of nitrogens with one attached hydrogen (secondary N) is 1. The second-order valence-electron chi connectivity index (χ2n) is 6.94. The zero-order valence-electron chi connectivity index (χ0n) is 14.5. The number of carbonyl (C=O) groups is 1. The van der Waals surface area contributed by atoms with Gasteiger partial charge in [-0.15, -0.1) is 0 Å². The fourth-order valence-corrected chi connectivity index (χ4v) is 2.03. The lowest BCUT2D eigenvalue weighted by atomic mass is 9.95. The van der Waals surface area contributed by atoms with Crippen LogP contribution in [0, 0.1) is 0 Å². The number of aliphatic hydroxyl groups excluding tert-OH is 2. The molecule has 0 aliphatic rings. The van der Waals surface area contributed by atoms with E-state index in [9.17, 15) is 15.0 Å². The smallest absolute Gasteiger partial charge is 0.407 e. The molecule has 5 N–H and O–H groups in total. The van der Waals surface area contributed by atoms with Crippen LogP contribution in [0.25, 0.3) is 0 Å². The lowest BCUT2D eigenvalue weighted by Gasteiger charge is -2.23. The number of amides is 1. The third-order valence-corrected chi connectivity index (χ3v) is 3.32. The average molecular weight is 324 g/mol. The van der Waals surface area contributed by atoms with Gasteiger partial charge in [0.1, 0.15) is 17.8 Å². The molecule has 2 unspecified atom stereocenters. The molecule has 0 aromatic heterocycles. The first-order valence-corrected chi connectivity index (χ1v) is 7.73. The molecule has 1 amide bonds. The van der Waals surface area contributed by atoms with Gasteiger partial charge in [-0.05, 0) is 38.3 Å². The quantitative estimate of drug-likeness (QED) is 0.622. The number of alkyl carbamates (subject to hydrolysis) is 1. The van der Waals surface area contributed by atoms with Gasteiger partial charge < -0.3 is 26.0 Å². The van der Waals surface area contributed by atoms with Gasteiger partial charge in [0.15, 0.2) is 0 Å². The Balaban J connectivity index is 2.72. The molecule has 0 saturated carbocycles. The molecule has 6 heteroatoms. The van der Waals surface area contributed by atoms with Gasteiger partial charge in [0, 0.05) is 17.8 Å². The average Bonchev–Trinajstić information content (AvgIpc) is 2.42. The maximum Gasteiger partial charge on any atom is 0.407 e. The lowest BCUT2D eigenvalue weighted by Crippen LogP contribution is -2.39. The van der Waals surface area contributed by atoms with E-state index in [1.54, 1.807) is 32.9 Å². The van der Waals surface area contributed by atoms with Crippen LogP contribution in [0.1, 0.15) is 57.8 Å². The molecular weight excluding hydrogens is 296 g/mol. The molecule has 0 radical (unpaired) electrons.